The molecular formula is C27H34N4O2. The van der Waals surface area contributed by atoms with Gasteiger partial charge in [-0.2, -0.15) is 0 Å². The van der Waals surface area contributed by atoms with Gasteiger partial charge in [-0.15, -0.1) is 0 Å². The number of para-hydroxylation sites is 1. The summed E-state index contributed by atoms with van der Waals surface area (Å²) in [4.78, 5) is 21.3. The number of hydrogen-bond acceptors (Lipinski definition) is 4. The van der Waals surface area contributed by atoms with Gasteiger partial charge in [-0.1, -0.05) is 42.5 Å². The number of nitrogens with zero attached hydrogens (tertiary/aromatic N) is 2. The van der Waals surface area contributed by atoms with Crippen LogP contribution in [-0.4, -0.2) is 59.6 Å². The molecule has 3 heterocycles. The molecule has 6 heteroatoms. The summed E-state index contributed by atoms with van der Waals surface area (Å²) < 4.78 is 5.79. The molecule has 0 spiro atoms. The summed E-state index contributed by atoms with van der Waals surface area (Å²) in [6.07, 6.45) is 2.05. The average Bonchev–Trinajstić information content (AvgIpc) is 3.22. The van der Waals surface area contributed by atoms with Crippen LogP contribution < -0.4 is 5.73 Å². The van der Waals surface area contributed by atoms with E-state index in [0.717, 1.165) is 56.7 Å². The standard InChI is InChI=1S/C27H34N4O2/c1-19(21-8-6-20(7-9-21)16-30-14-15-33-22(17-30)10-12-28)27(32)31-13-11-24-23-4-2-3-5-25(23)29-26(24)18-31/h2-9,19,22,29H,10-18,28H2,1H3. The number of benzene rings is 2. The maximum Gasteiger partial charge on any atom is 0.230 e. The van der Waals surface area contributed by atoms with Gasteiger partial charge >= 0.3 is 0 Å². The minimum absolute atomic E-state index is 0.151. The van der Waals surface area contributed by atoms with Crippen molar-refractivity contribution in [1.29, 1.82) is 0 Å². The van der Waals surface area contributed by atoms with E-state index >= 15 is 0 Å². The van der Waals surface area contributed by atoms with E-state index in [1.807, 2.05) is 11.8 Å². The van der Waals surface area contributed by atoms with Crippen LogP contribution >= 0.6 is 0 Å². The fourth-order valence-corrected chi connectivity index (χ4v) is 5.25. The smallest absolute Gasteiger partial charge is 0.230 e. The van der Waals surface area contributed by atoms with Crippen molar-refractivity contribution in [1.82, 2.24) is 14.8 Å². The quantitative estimate of drug-likeness (QED) is 0.609. The molecule has 2 aromatic carbocycles. The van der Waals surface area contributed by atoms with Gasteiger partial charge in [0.15, 0.2) is 0 Å². The lowest BCUT2D eigenvalue weighted by molar-refractivity contribution is -0.133. The molecular weight excluding hydrogens is 412 g/mol. The highest BCUT2D eigenvalue weighted by Crippen LogP contribution is 2.29. The molecule has 0 saturated carbocycles. The molecule has 1 aromatic heterocycles. The molecule has 2 aliphatic rings. The lowest BCUT2D eigenvalue weighted by Crippen LogP contribution is -2.42. The number of morpholine rings is 1. The van der Waals surface area contributed by atoms with Gasteiger partial charge in [0.25, 0.3) is 0 Å². The van der Waals surface area contributed by atoms with Gasteiger partial charge in [0.2, 0.25) is 5.91 Å². The third-order valence-corrected chi connectivity index (χ3v) is 7.16. The number of rotatable bonds is 6. The van der Waals surface area contributed by atoms with Crippen LogP contribution in [0.25, 0.3) is 10.9 Å². The van der Waals surface area contributed by atoms with Crippen molar-refractivity contribution >= 4 is 16.8 Å². The first-order valence-electron chi connectivity index (χ1n) is 12.1. The summed E-state index contributed by atoms with van der Waals surface area (Å²) in [5, 5.41) is 1.29. The summed E-state index contributed by atoms with van der Waals surface area (Å²) in [6, 6.07) is 17.0. The Morgan fingerprint density at radius 2 is 2.00 bits per heavy atom. The molecule has 2 atom stereocenters. The first kappa shape index (κ1) is 22.1. The van der Waals surface area contributed by atoms with E-state index in [4.69, 9.17) is 10.5 Å². The Kier molecular flexibility index (Phi) is 6.49. The van der Waals surface area contributed by atoms with E-state index in [0.29, 0.717) is 13.1 Å². The van der Waals surface area contributed by atoms with E-state index in [2.05, 4.69) is 58.4 Å². The predicted octanol–water partition coefficient (Wildman–Crippen LogP) is 3.41. The van der Waals surface area contributed by atoms with Gasteiger partial charge < -0.3 is 20.4 Å². The van der Waals surface area contributed by atoms with E-state index in [9.17, 15) is 4.79 Å². The fourth-order valence-electron chi connectivity index (χ4n) is 5.25. The highest BCUT2D eigenvalue weighted by molar-refractivity contribution is 5.87. The van der Waals surface area contributed by atoms with E-state index in [-0.39, 0.29) is 17.9 Å². The SMILES string of the molecule is CC(C(=O)N1CCc2c([nH]c3ccccc23)C1)c1ccc(CN2CCOC(CCN)C2)cc1. The molecule has 1 amide bonds. The van der Waals surface area contributed by atoms with Crippen molar-refractivity contribution in [3.05, 3.63) is 70.9 Å². The number of ether oxygens (including phenoxy) is 1. The molecule has 6 nitrogen and oxygen atoms in total. The van der Waals surface area contributed by atoms with Crippen LogP contribution in [0, 0.1) is 0 Å². The van der Waals surface area contributed by atoms with Crippen LogP contribution in [0.1, 0.15) is 41.6 Å². The predicted molar refractivity (Wildman–Crippen MR) is 131 cm³/mol. The van der Waals surface area contributed by atoms with Crippen molar-refractivity contribution in [3.8, 4) is 0 Å². The topological polar surface area (TPSA) is 74.6 Å². The zero-order valence-corrected chi connectivity index (χ0v) is 19.4. The second-order valence-corrected chi connectivity index (χ2v) is 9.41. The number of fused-ring (bicyclic) bond motifs is 3. The fraction of sp³-hybridized carbons (Fsp3) is 0.444. The van der Waals surface area contributed by atoms with Crippen molar-refractivity contribution in [2.24, 2.45) is 5.73 Å². The highest BCUT2D eigenvalue weighted by atomic mass is 16.5. The minimum atomic E-state index is -0.151. The second-order valence-electron chi connectivity index (χ2n) is 9.41. The van der Waals surface area contributed by atoms with Gasteiger partial charge in [-0.25, -0.2) is 0 Å². The van der Waals surface area contributed by atoms with Gasteiger partial charge in [-0.3, -0.25) is 9.69 Å². The third kappa shape index (κ3) is 4.69. The van der Waals surface area contributed by atoms with Gasteiger partial charge in [-0.05, 0) is 49.1 Å². The van der Waals surface area contributed by atoms with Crippen molar-refractivity contribution in [3.63, 3.8) is 0 Å². The Bertz CT molecular complexity index is 1110. The van der Waals surface area contributed by atoms with Gasteiger partial charge in [0.05, 0.1) is 25.2 Å². The van der Waals surface area contributed by atoms with Gasteiger partial charge in [0.1, 0.15) is 0 Å². The normalized spacial score (nSPS) is 20.1. The zero-order valence-electron chi connectivity index (χ0n) is 19.4. The Labute approximate surface area is 195 Å². The molecule has 0 radical (unpaired) electrons. The van der Waals surface area contributed by atoms with Crippen LogP contribution in [0.15, 0.2) is 48.5 Å². The summed E-state index contributed by atoms with van der Waals surface area (Å²) >= 11 is 0. The molecule has 3 N–H and O–H groups in total. The van der Waals surface area contributed by atoms with Gasteiger partial charge in [0, 0.05) is 42.8 Å². The first-order chi connectivity index (χ1) is 16.1. The molecule has 1 saturated heterocycles. The summed E-state index contributed by atoms with van der Waals surface area (Å²) in [5.74, 6) is 0.0483. The second kappa shape index (κ2) is 9.67. The van der Waals surface area contributed by atoms with Crippen LogP contribution in [0.5, 0.6) is 0 Å². The molecule has 33 heavy (non-hydrogen) atoms. The Morgan fingerprint density at radius 3 is 2.82 bits per heavy atom. The largest absolute Gasteiger partial charge is 0.376 e. The number of aromatic amines is 1. The summed E-state index contributed by atoms with van der Waals surface area (Å²) in [6.45, 7) is 7.67. The van der Waals surface area contributed by atoms with Crippen LogP contribution in [0.2, 0.25) is 0 Å². The molecule has 2 aliphatic heterocycles. The Morgan fingerprint density at radius 1 is 1.18 bits per heavy atom. The van der Waals surface area contributed by atoms with Crippen molar-refractivity contribution in [2.75, 3.05) is 32.8 Å². The molecule has 3 aromatic rings. The Balaban J connectivity index is 1.21. The number of H-pyrrole nitrogens is 1. The van der Waals surface area contributed by atoms with Crippen molar-refractivity contribution < 1.29 is 9.53 Å². The third-order valence-electron chi connectivity index (χ3n) is 7.16. The van der Waals surface area contributed by atoms with E-state index < -0.39 is 0 Å². The molecule has 0 bridgehead atoms. The van der Waals surface area contributed by atoms with Crippen LogP contribution in [-0.2, 0) is 29.0 Å². The molecule has 2 unspecified atom stereocenters. The zero-order chi connectivity index (χ0) is 22.8. The van der Waals surface area contributed by atoms with E-state index in [1.54, 1.807) is 0 Å². The van der Waals surface area contributed by atoms with Crippen molar-refractivity contribution in [2.45, 2.75) is 44.9 Å². The Hall–Kier alpha value is -2.67. The van der Waals surface area contributed by atoms with Crippen LogP contribution in [0.3, 0.4) is 0 Å². The summed E-state index contributed by atoms with van der Waals surface area (Å²) in [7, 11) is 0. The number of amides is 1. The monoisotopic (exact) mass is 446 g/mol. The lowest BCUT2D eigenvalue weighted by atomic mass is 9.96. The molecule has 1 fully saturated rings. The minimum Gasteiger partial charge on any atom is -0.376 e. The molecule has 174 valence electrons. The average molecular weight is 447 g/mol. The molecule has 5 rings (SSSR count). The number of aromatic nitrogens is 1. The molecule has 0 aliphatic carbocycles. The maximum absolute atomic E-state index is 13.3. The lowest BCUT2D eigenvalue weighted by Gasteiger charge is -2.33. The first-order valence-corrected chi connectivity index (χ1v) is 12.1. The van der Waals surface area contributed by atoms with E-state index in [1.165, 1.54) is 22.2 Å². The maximum atomic E-state index is 13.3. The number of hydrogen-bond donors (Lipinski definition) is 2. The number of carbonyl (C=O) groups is 1. The summed E-state index contributed by atoms with van der Waals surface area (Å²) in [5.41, 5.74) is 11.7. The highest BCUT2D eigenvalue weighted by Gasteiger charge is 2.27. The number of nitrogens with two attached hydrogens (primary N) is 1. The number of nitrogens with one attached hydrogen (secondary N) is 1. The number of carbonyl (C=O) groups excluding carboxylic acids is 1. The van der Waals surface area contributed by atoms with Crippen LogP contribution in [0.4, 0.5) is 0 Å².